The first-order valence-electron chi connectivity index (χ1n) is 5.90. The molecule has 0 spiro atoms. The van der Waals surface area contributed by atoms with Crippen LogP contribution >= 0.6 is 11.3 Å². The number of nitrogens with zero attached hydrogens (tertiary/aromatic N) is 4. The number of nitrogen functional groups attached to an aromatic ring is 1. The Kier molecular flexibility index (Phi) is 3.00. The van der Waals surface area contributed by atoms with Crippen LogP contribution in [0, 0.1) is 0 Å². The number of aromatic nitrogens is 4. The topological polar surface area (TPSA) is 69.6 Å². The molecule has 0 saturated heterocycles. The van der Waals surface area contributed by atoms with E-state index in [1.165, 1.54) is 16.9 Å². The monoisotopic (exact) mass is 271 g/mol. The summed E-state index contributed by atoms with van der Waals surface area (Å²) in [5, 5.41) is 7.03. The molecular weight excluding hydrogens is 258 g/mol. The highest BCUT2D eigenvalue weighted by Crippen LogP contribution is 2.23. The fourth-order valence-corrected chi connectivity index (χ4v) is 2.45. The lowest BCUT2D eigenvalue weighted by molar-refractivity contribution is 0.565. The van der Waals surface area contributed by atoms with Crippen LogP contribution in [-0.2, 0) is 0 Å². The van der Waals surface area contributed by atoms with Crippen LogP contribution < -0.4 is 5.73 Å². The second-order valence-electron chi connectivity index (χ2n) is 4.21. The molecule has 96 valence electrons. The van der Waals surface area contributed by atoms with Crippen molar-refractivity contribution in [3.8, 4) is 11.4 Å². The zero-order chi connectivity index (χ0) is 13.2. The van der Waals surface area contributed by atoms with E-state index in [4.69, 9.17) is 5.73 Å². The molecule has 1 unspecified atom stereocenters. The normalized spacial score (nSPS) is 12.5. The zero-order valence-electron chi connectivity index (χ0n) is 10.4. The van der Waals surface area contributed by atoms with Crippen molar-refractivity contribution in [3.05, 3.63) is 47.7 Å². The van der Waals surface area contributed by atoms with Crippen LogP contribution in [0.1, 0.15) is 18.5 Å². The van der Waals surface area contributed by atoms with Gasteiger partial charge in [0.1, 0.15) is 11.4 Å². The fraction of sp³-hybridized carbons (Fsp3) is 0.154. The van der Waals surface area contributed by atoms with Crippen LogP contribution in [0.25, 0.3) is 11.4 Å². The van der Waals surface area contributed by atoms with Gasteiger partial charge < -0.3 is 5.73 Å². The van der Waals surface area contributed by atoms with Crippen molar-refractivity contribution < 1.29 is 0 Å². The smallest absolute Gasteiger partial charge is 0.180 e. The van der Waals surface area contributed by atoms with Gasteiger partial charge in [-0.25, -0.2) is 4.98 Å². The highest BCUT2D eigenvalue weighted by atomic mass is 32.1. The molecule has 6 heteroatoms. The quantitative estimate of drug-likeness (QED) is 0.795. The minimum Gasteiger partial charge on any atom is -0.375 e. The van der Waals surface area contributed by atoms with Crippen molar-refractivity contribution in [1.82, 2.24) is 19.7 Å². The lowest BCUT2D eigenvalue weighted by Crippen LogP contribution is -2.07. The molecule has 0 radical (unpaired) electrons. The Hall–Kier alpha value is -2.21. The van der Waals surface area contributed by atoms with E-state index in [-0.39, 0.29) is 6.04 Å². The average Bonchev–Trinajstić information content (AvgIpc) is 3.07. The summed E-state index contributed by atoms with van der Waals surface area (Å²) in [6, 6.07) is 6.10. The molecule has 19 heavy (non-hydrogen) atoms. The lowest BCUT2D eigenvalue weighted by atomic mass is 10.1. The van der Waals surface area contributed by atoms with E-state index in [9.17, 15) is 0 Å². The summed E-state index contributed by atoms with van der Waals surface area (Å²) in [4.78, 5) is 8.26. The predicted octanol–water partition coefficient (Wildman–Crippen LogP) is 2.59. The van der Waals surface area contributed by atoms with Gasteiger partial charge in [-0.3, -0.25) is 9.67 Å². The van der Waals surface area contributed by atoms with Crippen molar-refractivity contribution in [2.24, 2.45) is 0 Å². The number of hydrogen-bond acceptors (Lipinski definition) is 5. The predicted molar refractivity (Wildman–Crippen MR) is 75.8 cm³/mol. The van der Waals surface area contributed by atoms with Crippen molar-refractivity contribution in [2.45, 2.75) is 13.0 Å². The molecule has 0 aliphatic carbocycles. The third-order valence-electron chi connectivity index (χ3n) is 2.98. The van der Waals surface area contributed by atoms with Gasteiger partial charge in [0.2, 0.25) is 0 Å². The highest BCUT2D eigenvalue weighted by molar-refractivity contribution is 7.13. The van der Waals surface area contributed by atoms with Crippen molar-refractivity contribution in [1.29, 1.82) is 0 Å². The van der Waals surface area contributed by atoms with Crippen molar-refractivity contribution >= 4 is 16.5 Å². The maximum atomic E-state index is 5.64. The third kappa shape index (κ3) is 2.34. The van der Waals surface area contributed by atoms with Crippen LogP contribution in [0.3, 0.4) is 0 Å². The van der Waals surface area contributed by atoms with E-state index in [0.717, 1.165) is 11.4 Å². The number of thiazole rings is 1. The Morgan fingerprint density at radius 3 is 2.68 bits per heavy atom. The standard InChI is InChI=1S/C13H13N5S/c1-9(10-2-5-15-6-3-10)18-7-4-11(17-18)12-8-19-13(14)16-12/h2-9H,1H3,(H2,14,16). The van der Waals surface area contributed by atoms with Gasteiger partial charge in [0.15, 0.2) is 5.13 Å². The molecule has 3 aromatic heterocycles. The number of anilines is 1. The molecule has 1 atom stereocenters. The van der Waals surface area contributed by atoms with Gasteiger partial charge in [0.05, 0.1) is 6.04 Å². The second kappa shape index (κ2) is 4.81. The molecule has 0 fully saturated rings. The van der Waals surface area contributed by atoms with Crippen LogP contribution in [0.15, 0.2) is 42.2 Å². The summed E-state index contributed by atoms with van der Waals surface area (Å²) in [5.41, 5.74) is 8.47. The summed E-state index contributed by atoms with van der Waals surface area (Å²) in [5.74, 6) is 0. The Balaban J connectivity index is 1.89. The first kappa shape index (κ1) is 11.9. The first-order chi connectivity index (χ1) is 9.24. The van der Waals surface area contributed by atoms with Gasteiger partial charge in [0.25, 0.3) is 0 Å². The summed E-state index contributed by atoms with van der Waals surface area (Å²) >= 11 is 1.42. The zero-order valence-corrected chi connectivity index (χ0v) is 11.2. The number of pyridine rings is 1. The number of nitrogens with two attached hydrogens (primary N) is 1. The van der Waals surface area contributed by atoms with E-state index in [1.807, 2.05) is 34.5 Å². The van der Waals surface area contributed by atoms with E-state index in [1.54, 1.807) is 12.4 Å². The summed E-state index contributed by atoms with van der Waals surface area (Å²) < 4.78 is 1.92. The van der Waals surface area contributed by atoms with Crippen LogP contribution in [0.2, 0.25) is 0 Å². The van der Waals surface area contributed by atoms with Crippen molar-refractivity contribution in [3.63, 3.8) is 0 Å². The molecule has 0 aromatic carbocycles. The number of hydrogen-bond donors (Lipinski definition) is 1. The third-order valence-corrected chi connectivity index (χ3v) is 3.65. The molecule has 2 N–H and O–H groups in total. The van der Waals surface area contributed by atoms with E-state index < -0.39 is 0 Å². The van der Waals surface area contributed by atoms with Gasteiger partial charge in [0, 0.05) is 24.0 Å². The van der Waals surface area contributed by atoms with E-state index >= 15 is 0 Å². The van der Waals surface area contributed by atoms with Gasteiger partial charge in [-0.05, 0) is 30.7 Å². The molecule has 0 saturated carbocycles. The highest BCUT2D eigenvalue weighted by Gasteiger charge is 2.11. The lowest BCUT2D eigenvalue weighted by Gasteiger charge is -2.11. The minimum atomic E-state index is 0.160. The summed E-state index contributed by atoms with van der Waals surface area (Å²) in [7, 11) is 0. The summed E-state index contributed by atoms with van der Waals surface area (Å²) in [6.07, 6.45) is 5.53. The van der Waals surface area contributed by atoms with Crippen LogP contribution in [0.4, 0.5) is 5.13 Å². The fourth-order valence-electron chi connectivity index (χ4n) is 1.89. The van der Waals surface area contributed by atoms with E-state index in [0.29, 0.717) is 5.13 Å². The Morgan fingerprint density at radius 2 is 2.00 bits per heavy atom. The van der Waals surface area contributed by atoms with Crippen molar-refractivity contribution in [2.75, 3.05) is 5.73 Å². The minimum absolute atomic E-state index is 0.160. The Morgan fingerprint density at radius 1 is 1.21 bits per heavy atom. The Bertz CT molecular complexity index is 673. The summed E-state index contributed by atoms with van der Waals surface area (Å²) in [6.45, 7) is 2.10. The maximum absolute atomic E-state index is 5.64. The molecule has 0 aliphatic heterocycles. The van der Waals surface area contributed by atoms with Gasteiger partial charge in [-0.2, -0.15) is 5.10 Å². The second-order valence-corrected chi connectivity index (χ2v) is 5.10. The van der Waals surface area contributed by atoms with E-state index in [2.05, 4.69) is 22.0 Å². The molecule has 3 rings (SSSR count). The van der Waals surface area contributed by atoms with Gasteiger partial charge >= 0.3 is 0 Å². The van der Waals surface area contributed by atoms with Gasteiger partial charge in [-0.15, -0.1) is 11.3 Å². The van der Waals surface area contributed by atoms with Crippen LogP contribution in [0.5, 0.6) is 0 Å². The average molecular weight is 271 g/mol. The van der Waals surface area contributed by atoms with Crippen LogP contribution in [-0.4, -0.2) is 19.7 Å². The first-order valence-corrected chi connectivity index (χ1v) is 6.78. The Labute approximate surface area is 114 Å². The SMILES string of the molecule is CC(c1ccncc1)n1ccc(-c2csc(N)n2)n1. The molecule has 3 aromatic rings. The number of rotatable bonds is 3. The molecular formula is C13H13N5S. The maximum Gasteiger partial charge on any atom is 0.180 e. The van der Waals surface area contributed by atoms with Gasteiger partial charge in [-0.1, -0.05) is 0 Å². The molecule has 0 amide bonds. The molecule has 0 aliphatic rings. The largest absolute Gasteiger partial charge is 0.375 e. The molecule has 5 nitrogen and oxygen atoms in total. The molecule has 3 heterocycles. The molecule has 0 bridgehead atoms.